The summed E-state index contributed by atoms with van der Waals surface area (Å²) in [6.07, 6.45) is 5.72. The molecule has 3 rings (SSSR count). The molecule has 1 atom stereocenters. The summed E-state index contributed by atoms with van der Waals surface area (Å²) in [6.45, 7) is 3.67. The monoisotopic (exact) mass is 417 g/mol. The number of ether oxygens (including phenoxy) is 2. The highest BCUT2D eigenvalue weighted by Crippen LogP contribution is 2.35. The van der Waals surface area contributed by atoms with Gasteiger partial charge >= 0.3 is 6.03 Å². The predicted octanol–water partition coefficient (Wildman–Crippen LogP) is 3.38. The zero-order valence-corrected chi connectivity index (χ0v) is 17.1. The first-order valence-electron chi connectivity index (χ1n) is 8.61. The van der Waals surface area contributed by atoms with Crippen molar-refractivity contribution in [3.8, 4) is 11.6 Å². The molecule has 3 aromatic heterocycles. The third kappa shape index (κ3) is 4.44. The Morgan fingerprint density at radius 3 is 2.52 bits per heavy atom. The summed E-state index contributed by atoms with van der Waals surface area (Å²) >= 11 is 6.23. The van der Waals surface area contributed by atoms with Gasteiger partial charge < -0.3 is 20.1 Å². The van der Waals surface area contributed by atoms with Gasteiger partial charge in [-0.15, -0.1) is 4.80 Å². The van der Waals surface area contributed by atoms with Crippen LogP contribution in [0.4, 0.5) is 16.2 Å². The Morgan fingerprint density at radius 2 is 1.90 bits per heavy atom. The lowest BCUT2D eigenvalue weighted by atomic mass is 10.1. The second kappa shape index (κ2) is 8.84. The molecule has 10 nitrogen and oxygen atoms in total. The van der Waals surface area contributed by atoms with Gasteiger partial charge in [-0.25, -0.2) is 9.78 Å². The van der Waals surface area contributed by atoms with Gasteiger partial charge in [0.15, 0.2) is 5.82 Å². The van der Waals surface area contributed by atoms with Crippen LogP contribution in [-0.4, -0.2) is 45.2 Å². The molecule has 0 saturated carbocycles. The summed E-state index contributed by atoms with van der Waals surface area (Å²) in [5.41, 5.74) is 2.25. The van der Waals surface area contributed by atoms with Crippen LogP contribution in [-0.2, 0) is 4.74 Å². The average Bonchev–Trinajstić information content (AvgIpc) is 3.23. The van der Waals surface area contributed by atoms with E-state index in [0.29, 0.717) is 34.2 Å². The van der Waals surface area contributed by atoms with Gasteiger partial charge in [0.2, 0.25) is 0 Å². The number of aromatic nitrogens is 5. The number of carbonyl (C=O) groups is 1. The summed E-state index contributed by atoms with van der Waals surface area (Å²) in [5.74, 6) is 0.907. The van der Waals surface area contributed by atoms with Crippen molar-refractivity contribution in [1.29, 1.82) is 0 Å². The van der Waals surface area contributed by atoms with E-state index in [-0.39, 0.29) is 11.1 Å². The number of nitrogens with zero attached hydrogens (tertiary/aromatic N) is 5. The van der Waals surface area contributed by atoms with Crippen LogP contribution in [0.15, 0.2) is 30.9 Å². The molecule has 0 bridgehead atoms. The zero-order chi connectivity index (χ0) is 21.0. The lowest BCUT2D eigenvalue weighted by Crippen LogP contribution is -2.21. The number of methoxy groups -OCH3 is 2. The number of anilines is 2. The van der Waals surface area contributed by atoms with Crippen molar-refractivity contribution < 1.29 is 14.3 Å². The van der Waals surface area contributed by atoms with Crippen molar-refractivity contribution in [3.05, 3.63) is 47.1 Å². The van der Waals surface area contributed by atoms with Crippen LogP contribution in [0.5, 0.6) is 5.75 Å². The maximum Gasteiger partial charge on any atom is 0.323 e. The van der Waals surface area contributed by atoms with E-state index >= 15 is 0 Å². The van der Waals surface area contributed by atoms with E-state index in [1.807, 2.05) is 13.8 Å². The number of hydrogen-bond donors (Lipinski definition) is 2. The van der Waals surface area contributed by atoms with Crippen molar-refractivity contribution in [2.24, 2.45) is 0 Å². The number of rotatable bonds is 6. The second-order valence-corrected chi connectivity index (χ2v) is 6.42. The Morgan fingerprint density at radius 1 is 1.17 bits per heavy atom. The van der Waals surface area contributed by atoms with Crippen molar-refractivity contribution in [2.75, 3.05) is 24.9 Å². The number of aryl methyl sites for hydroxylation is 1. The fraction of sp³-hybridized carbons (Fsp3) is 0.278. The van der Waals surface area contributed by atoms with Crippen LogP contribution < -0.4 is 15.4 Å². The third-order valence-electron chi connectivity index (χ3n) is 4.15. The SMILES string of the molecule is COc1c(C)ncc(NC(=O)Nc2cnc(-n3nccn3)c(Cl)c2)c1C(C)OC. The molecule has 0 saturated heterocycles. The van der Waals surface area contributed by atoms with E-state index in [9.17, 15) is 4.79 Å². The number of hydrogen-bond acceptors (Lipinski definition) is 7. The number of pyridine rings is 2. The molecule has 29 heavy (non-hydrogen) atoms. The Kier molecular flexibility index (Phi) is 6.25. The molecule has 0 fully saturated rings. The van der Waals surface area contributed by atoms with Crippen molar-refractivity contribution >= 4 is 29.0 Å². The molecule has 2 amide bonds. The number of halogens is 1. The maximum atomic E-state index is 12.5. The van der Waals surface area contributed by atoms with Gasteiger partial charge in [-0.1, -0.05) is 11.6 Å². The van der Waals surface area contributed by atoms with E-state index in [1.54, 1.807) is 26.5 Å². The van der Waals surface area contributed by atoms with Gasteiger partial charge in [0.05, 0.1) is 60.1 Å². The van der Waals surface area contributed by atoms with E-state index in [0.717, 1.165) is 0 Å². The Hall–Kier alpha value is -3.24. The minimum absolute atomic E-state index is 0.284. The van der Waals surface area contributed by atoms with Gasteiger partial charge in [-0.2, -0.15) is 10.2 Å². The van der Waals surface area contributed by atoms with E-state index in [4.69, 9.17) is 21.1 Å². The van der Waals surface area contributed by atoms with Crippen LogP contribution in [0, 0.1) is 6.92 Å². The molecule has 0 aliphatic rings. The highest BCUT2D eigenvalue weighted by Gasteiger charge is 2.20. The molecule has 3 aromatic rings. The third-order valence-corrected chi connectivity index (χ3v) is 4.43. The van der Waals surface area contributed by atoms with Crippen LogP contribution in [0.25, 0.3) is 5.82 Å². The fourth-order valence-corrected chi connectivity index (χ4v) is 2.98. The molecule has 11 heteroatoms. The maximum absolute atomic E-state index is 12.5. The van der Waals surface area contributed by atoms with E-state index < -0.39 is 6.03 Å². The minimum Gasteiger partial charge on any atom is -0.494 e. The predicted molar refractivity (Wildman–Crippen MR) is 108 cm³/mol. The smallest absolute Gasteiger partial charge is 0.323 e. The van der Waals surface area contributed by atoms with Crippen molar-refractivity contribution in [3.63, 3.8) is 0 Å². The molecule has 1 unspecified atom stereocenters. The molecular weight excluding hydrogens is 398 g/mol. The topological polar surface area (TPSA) is 116 Å². The Labute approximate surface area is 172 Å². The molecular formula is C18H20ClN7O3. The van der Waals surface area contributed by atoms with Gasteiger partial charge in [0.1, 0.15) is 5.75 Å². The molecule has 0 radical (unpaired) electrons. The fourth-order valence-electron chi connectivity index (χ4n) is 2.74. The van der Waals surface area contributed by atoms with Crippen LogP contribution in [0.2, 0.25) is 5.02 Å². The largest absolute Gasteiger partial charge is 0.494 e. The van der Waals surface area contributed by atoms with Crippen molar-refractivity contribution in [2.45, 2.75) is 20.0 Å². The standard InChI is InChI=1S/C18H20ClN7O3/c1-10-16(29-4)15(11(2)28-3)14(9-20-10)25-18(27)24-12-7-13(19)17(21-8-12)26-22-5-6-23-26/h5-9,11H,1-4H3,(H2,24,25,27). The Balaban J connectivity index is 1.80. The van der Waals surface area contributed by atoms with Crippen LogP contribution in [0.3, 0.4) is 0 Å². The van der Waals surface area contributed by atoms with Gasteiger partial charge in [-0.3, -0.25) is 4.98 Å². The molecule has 2 N–H and O–H groups in total. The molecule has 0 spiro atoms. The van der Waals surface area contributed by atoms with Gasteiger partial charge in [-0.05, 0) is 19.9 Å². The second-order valence-electron chi connectivity index (χ2n) is 6.01. The highest BCUT2D eigenvalue weighted by atomic mass is 35.5. The number of nitrogens with one attached hydrogen (secondary N) is 2. The average molecular weight is 418 g/mol. The lowest BCUT2D eigenvalue weighted by molar-refractivity contribution is 0.117. The summed E-state index contributed by atoms with van der Waals surface area (Å²) in [4.78, 5) is 22.3. The summed E-state index contributed by atoms with van der Waals surface area (Å²) < 4.78 is 10.9. The lowest BCUT2D eigenvalue weighted by Gasteiger charge is -2.20. The summed E-state index contributed by atoms with van der Waals surface area (Å²) in [6, 6.07) is 1.06. The first-order valence-corrected chi connectivity index (χ1v) is 8.99. The Bertz CT molecular complexity index is 1010. The van der Waals surface area contributed by atoms with E-state index in [2.05, 4.69) is 30.8 Å². The summed E-state index contributed by atoms with van der Waals surface area (Å²) in [7, 11) is 3.12. The molecule has 0 aliphatic heterocycles. The zero-order valence-electron chi connectivity index (χ0n) is 16.3. The van der Waals surface area contributed by atoms with Gasteiger partial charge in [0, 0.05) is 12.7 Å². The first kappa shape index (κ1) is 20.5. The molecule has 0 aliphatic carbocycles. The molecule has 3 heterocycles. The van der Waals surface area contributed by atoms with E-state index in [1.165, 1.54) is 23.4 Å². The number of carbonyl (C=O) groups excluding carboxylic acids is 1. The van der Waals surface area contributed by atoms with Crippen molar-refractivity contribution in [1.82, 2.24) is 25.0 Å². The summed E-state index contributed by atoms with van der Waals surface area (Å²) in [5, 5.41) is 13.7. The molecule has 152 valence electrons. The van der Waals surface area contributed by atoms with Crippen LogP contribution in [0.1, 0.15) is 24.3 Å². The minimum atomic E-state index is -0.495. The molecule has 0 aromatic carbocycles. The number of urea groups is 1. The van der Waals surface area contributed by atoms with Gasteiger partial charge in [0.25, 0.3) is 0 Å². The van der Waals surface area contributed by atoms with Crippen LogP contribution >= 0.6 is 11.6 Å². The highest BCUT2D eigenvalue weighted by molar-refractivity contribution is 6.32. The normalized spacial score (nSPS) is 11.8. The quantitative estimate of drug-likeness (QED) is 0.631. The number of amides is 2. The first-order chi connectivity index (χ1) is 13.9.